The van der Waals surface area contributed by atoms with Gasteiger partial charge in [-0.3, -0.25) is 0 Å². The van der Waals surface area contributed by atoms with E-state index in [2.05, 4.69) is 9.97 Å². The highest BCUT2D eigenvalue weighted by molar-refractivity contribution is 7.89. The number of halogens is 1. The Balaban J connectivity index is 2.48. The maximum absolute atomic E-state index is 11.1. The van der Waals surface area contributed by atoms with Crippen LogP contribution in [-0.2, 0) is 15.6 Å². The van der Waals surface area contributed by atoms with Gasteiger partial charge in [-0.1, -0.05) is 11.6 Å². The number of nitrogens with one attached hydrogen (secondary N) is 1. The molecule has 0 aliphatic heterocycles. The van der Waals surface area contributed by atoms with Gasteiger partial charge in [0.05, 0.1) is 11.0 Å². The number of aromatic nitrogens is 2. The van der Waals surface area contributed by atoms with Gasteiger partial charge in [-0.2, -0.15) is 0 Å². The maximum atomic E-state index is 11.1. The minimum atomic E-state index is -3.06. The number of H-pyrrole nitrogens is 1. The number of hydrogen-bond acceptors (Lipinski definition) is 3. The number of nitrogens with zero attached hydrogens (tertiary/aromatic N) is 1. The average molecular weight is 245 g/mol. The number of rotatable bonds is 2. The van der Waals surface area contributed by atoms with Crippen LogP contribution in [0.15, 0.2) is 18.2 Å². The summed E-state index contributed by atoms with van der Waals surface area (Å²) in [6.45, 7) is 0. The summed E-state index contributed by atoms with van der Waals surface area (Å²) in [6.07, 6.45) is 1.17. The van der Waals surface area contributed by atoms with E-state index in [4.69, 9.17) is 11.6 Å². The standard InChI is InChI=1S/C9H9ClN2O2S/c1-15(13,14)5-9-11-7-3-2-6(10)4-8(7)12-9/h2-4H,5H2,1H3,(H,11,12). The maximum Gasteiger partial charge on any atom is 0.154 e. The Morgan fingerprint density at radius 1 is 1.47 bits per heavy atom. The quantitative estimate of drug-likeness (QED) is 0.876. The Kier molecular flexibility index (Phi) is 2.44. The van der Waals surface area contributed by atoms with Gasteiger partial charge in [0, 0.05) is 11.3 Å². The zero-order valence-corrected chi connectivity index (χ0v) is 9.56. The van der Waals surface area contributed by atoms with E-state index in [0.29, 0.717) is 10.8 Å². The van der Waals surface area contributed by atoms with Crippen molar-refractivity contribution < 1.29 is 8.42 Å². The minimum absolute atomic E-state index is 0.0840. The molecule has 0 radical (unpaired) electrons. The van der Waals surface area contributed by atoms with Crippen LogP contribution in [0, 0.1) is 0 Å². The number of imidazole rings is 1. The van der Waals surface area contributed by atoms with E-state index < -0.39 is 9.84 Å². The molecule has 0 aliphatic carbocycles. The third-order valence-electron chi connectivity index (χ3n) is 1.89. The van der Waals surface area contributed by atoms with Crippen molar-refractivity contribution in [3.8, 4) is 0 Å². The van der Waals surface area contributed by atoms with Crippen LogP contribution in [0.4, 0.5) is 0 Å². The van der Waals surface area contributed by atoms with E-state index in [1.807, 2.05) is 0 Å². The van der Waals surface area contributed by atoms with Crippen LogP contribution < -0.4 is 0 Å². The SMILES string of the molecule is CS(=O)(=O)Cc1nc2ccc(Cl)cc2[nH]1. The largest absolute Gasteiger partial charge is 0.341 e. The van der Waals surface area contributed by atoms with Gasteiger partial charge in [0.1, 0.15) is 11.6 Å². The fourth-order valence-electron chi connectivity index (χ4n) is 1.35. The molecule has 80 valence electrons. The second kappa shape index (κ2) is 3.50. The molecule has 15 heavy (non-hydrogen) atoms. The molecule has 1 aromatic carbocycles. The second-order valence-corrected chi connectivity index (χ2v) is 5.99. The molecule has 0 amide bonds. The van der Waals surface area contributed by atoms with Crippen LogP contribution in [0.25, 0.3) is 11.0 Å². The molecule has 4 nitrogen and oxygen atoms in total. The fraction of sp³-hybridized carbons (Fsp3) is 0.222. The van der Waals surface area contributed by atoms with Crippen LogP contribution in [0.5, 0.6) is 0 Å². The van der Waals surface area contributed by atoms with Crippen LogP contribution in [0.1, 0.15) is 5.82 Å². The van der Waals surface area contributed by atoms with E-state index in [1.54, 1.807) is 18.2 Å². The lowest BCUT2D eigenvalue weighted by atomic mass is 10.3. The second-order valence-electron chi connectivity index (χ2n) is 3.42. The normalized spacial score (nSPS) is 12.1. The molecule has 6 heteroatoms. The van der Waals surface area contributed by atoms with E-state index in [9.17, 15) is 8.42 Å². The molecule has 0 atom stereocenters. The van der Waals surface area contributed by atoms with E-state index in [1.165, 1.54) is 6.26 Å². The molecule has 1 aromatic heterocycles. The van der Waals surface area contributed by atoms with Crippen molar-refractivity contribution in [2.45, 2.75) is 5.75 Å². The van der Waals surface area contributed by atoms with Crippen molar-refractivity contribution in [1.29, 1.82) is 0 Å². The lowest BCUT2D eigenvalue weighted by Crippen LogP contribution is -2.01. The predicted octanol–water partition coefficient (Wildman–Crippen LogP) is 1.76. The summed E-state index contributed by atoms with van der Waals surface area (Å²) in [6, 6.07) is 5.19. The zero-order valence-electron chi connectivity index (χ0n) is 7.99. The van der Waals surface area contributed by atoms with Crippen LogP contribution in [0.3, 0.4) is 0 Å². The lowest BCUT2D eigenvalue weighted by molar-refractivity contribution is 0.600. The summed E-state index contributed by atoms with van der Waals surface area (Å²) in [5, 5.41) is 0.594. The molecule has 0 aliphatic rings. The van der Waals surface area contributed by atoms with Gasteiger partial charge in [0.25, 0.3) is 0 Å². The highest BCUT2D eigenvalue weighted by atomic mass is 35.5. The Morgan fingerprint density at radius 3 is 2.87 bits per heavy atom. The predicted molar refractivity (Wildman–Crippen MR) is 59.7 cm³/mol. The van der Waals surface area contributed by atoms with Gasteiger partial charge >= 0.3 is 0 Å². The molecule has 2 rings (SSSR count). The van der Waals surface area contributed by atoms with Crippen molar-refractivity contribution in [3.05, 3.63) is 29.0 Å². The molecule has 2 aromatic rings. The van der Waals surface area contributed by atoms with E-state index in [0.717, 1.165) is 11.0 Å². The summed E-state index contributed by atoms with van der Waals surface area (Å²) in [5.74, 6) is 0.356. The van der Waals surface area contributed by atoms with Gasteiger partial charge in [0.15, 0.2) is 9.84 Å². The fourth-order valence-corrected chi connectivity index (χ4v) is 2.16. The summed E-state index contributed by atoms with van der Waals surface area (Å²) >= 11 is 5.80. The first kappa shape index (κ1) is 10.4. The van der Waals surface area contributed by atoms with Crippen molar-refractivity contribution in [2.24, 2.45) is 0 Å². The van der Waals surface area contributed by atoms with Crippen LogP contribution in [0.2, 0.25) is 5.02 Å². The molecule has 1 N–H and O–H groups in total. The third-order valence-corrected chi connectivity index (χ3v) is 2.92. The third kappa shape index (κ3) is 2.49. The summed E-state index contributed by atoms with van der Waals surface area (Å²) in [4.78, 5) is 7.06. The van der Waals surface area contributed by atoms with Crippen LogP contribution in [-0.4, -0.2) is 24.6 Å². The van der Waals surface area contributed by atoms with Crippen molar-refractivity contribution >= 4 is 32.5 Å². The Morgan fingerprint density at radius 2 is 2.20 bits per heavy atom. The number of sulfone groups is 1. The minimum Gasteiger partial charge on any atom is -0.341 e. The van der Waals surface area contributed by atoms with Crippen molar-refractivity contribution in [2.75, 3.05) is 6.26 Å². The van der Waals surface area contributed by atoms with Gasteiger partial charge < -0.3 is 4.98 Å². The monoisotopic (exact) mass is 244 g/mol. The van der Waals surface area contributed by atoms with Gasteiger partial charge in [-0.25, -0.2) is 13.4 Å². The molecule has 0 saturated carbocycles. The first-order valence-corrected chi connectivity index (χ1v) is 6.70. The summed E-state index contributed by atoms with van der Waals surface area (Å²) < 4.78 is 22.1. The average Bonchev–Trinajstić information content (AvgIpc) is 2.42. The summed E-state index contributed by atoms with van der Waals surface area (Å²) in [5.41, 5.74) is 1.47. The summed E-state index contributed by atoms with van der Waals surface area (Å²) in [7, 11) is -3.06. The molecule has 1 heterocycles. The number of benzene rings is 1. The molecule has 0 unspecified atom stereocenters. The topological polar surface area (TPSA) is 62.8 Å². The first-order chi connectivity index (χ1) is 6.94. The molecule has 0 fully saturated rings. The number of aromatic amines is 1. The number of fused-ring (bicyclic) bond motifs is 1. The molecular weight excluding hydrogens is 236 g/mol. The van der Waals surface area contributed by atoms with E-state index in [-0.39, 0.29) is 5.75 Å². The van der Waals surface area contributed by atoms with Gasteiger partial charge in [0.2, 0.25) is 0 Å². The Hall–Kier alpha value is -1.07. The van der Waals surface area contributed by atoms with Gasteiger partial charge in [-0.15, -0.1) is 0 Å². The Labute approximate surface area is 92.2 Å². The first-order valence-electron chi connectivity index (χ1n) is 4.26. The highest BCUT2D eigenvalue weighted by Gasteiger charge is 2.09. The number of hydrogen-bond donors (Lipinski definition) is 1. The lowest BCUT2D eigenvalue weighted by Gasteiger charge is -1.91. The van der Waals surface area contributed by atoms with Crippen LogP contribution >= 0.6 is 11.6 Å². The van der Waals surface area contributed by atoms with Crippen molar-refractivity contribution in [3.63, 3.8) is 0 Å². The smallest absolute Gasteiger partial charge is 0.154 e. The zero-order chi connectivity index (χ0) is 11.1. The molecular formula is C9H9ClN2O2S. The van der Waals surface area contributed by atoms with Crippen molar-refractivity contribution in [1.82, 2.24) is 9.97 Å². The van der Waals surface area contributed by atoms with E-state index >= 15 is 0 Å². The Bertz CT molecular complexity index is 604. The van der Waals surface area contributed by atoms with Gasteiger partial charge in [-0.05, 0) is 18.2 Å². The molecule has 0 spiro atoms. The molecule has 0 bridgehead atoms. The molecule has 0 saturated heterocycles. The highest BCUT2D eigenvalue weighted by Crippen LogP contribution is 2.17.